The number of nitrogens with zero attached hydrogens (tertiary/aromatic N) is 2. The van der Waals surface area contributed by atoms with Crippen molar-refractivity contribution in [1.82, 2.24) is 14.6 Å². The van der Waals surface area contributed by atoms with Gasteiger partial charge in [0.1, 0.15) is 10.7 Å². The van der Waals surface area contributed by atoms with Crippen molar-refractivity contribution in [3.8, 4) is 0 Å². The summed E-state index contributed by atoms with van der Waals surface area (Å²) in [5.41, 5.74) is 0. The molecule has 0 bridgehead atoms. The minimum Gasteiger partial charge on any atom is -0.369 e. The summed E-state index contributed by atoms with van der Waals surface area (Å²) in [5, 5.41) is 3.24. The number of likely N-dealkylation sites (N-methyl/N-ethyl adjacent to an activating group) is 1. The van der Waals surface area contributed by atoms with Crippen LogP contribution in [0.2, 0.25) is 5.02 Å². The Labute approximate surface area is 125 Å². The number of nitrogens with one attached hydrogen (secondary N) is 2. The van der Waals surface area contributed by atoms with Gasteiger partial charge in [0.25, 0.3) is 0 Å². The fourth-order valence-corrected chi connectivity index (χ4v) is 3.29. The second-order valence-corrected chi connectivity index (χ2v) is 6.94. The van der Waals surface area contributed by atoms with E-state index < -0.39 is 10.0 Å². The van der Waals surface area contributed by atoms with E-state index >= 15 is 0 Å². The molecule has 6 nitrogen and oxygen atoms in total. The van der Waals surface area contributed by atoms with Crippen LogP contribution in [0.3, 0.4) is 0 Å². The van der Waals surface area contributed by atoms with Gasteiger partial charge in [0.2, 0.25) is 10.0 Å². The maximum absolute atomic E-state index is 12.2. The largest absolute Gasteiger partial charge is 0.369 e. The highest BCUT2D eigenvalue weighted by Gasteiger charge is 2.19. The Bertz CT molecular complexity index is 548. The second-order valence-electron chi connectivity index (χ2n) is 4.82. The molecule has 0 fully saturated rings. The van der Waals surface area contributed by atoms with Gasteiger partial charge in [0, 0.05) is 25.3 Å². The Morgan fingerprint density at radius 2 is 2.10 bits per heavy atom. The minimum atomic E-state index is -3.61. The lowest BCUT2D eigenvalue weighted by atomic mass is 10.3. The molecule has 2 N–H and O–H groups in total. The molecule has 20 heavy (non-hydrogen) atoms. The molecular formula is C12H21ClN4O2S. The molecular weight excluding hydrogens is 300 g/mol. The first-order valence-corrected chi connectivity index (χ1v) is 8.19. The summed E-state index contributed by atoms with van der Waals surface area (Å²) >= 11 is 6.01. The third-order valence-electron chi connectivity index (χ3n) is 2.47. The zero-order chi connectivity index (χ0) is 15.3. The van der Waals surface area contributed by atoms with Crippen LogP contribution < -0.4 is 10.0 Å². The molecule has 1 atom stereocenters. The maximum atomic E-state index is 12.2. The first-order valence-electron chi connectivity index (χ1n) is 6.32. The number of rotatable bonds is 7. The molecule has 0 amide bonds. The van der Waals surface area contributed by atoms with Crippen LogP contribution in [0.1, 0.15) is 13.8 Å². The number of hydrogen-bond acceptors (Lipinski definition) is 5. The molecule has 1 aromatic rings. The Morgan fingerprint density at radius 1 is 1.45 bits per heavy atom. The van der Waals surface area contributed by atoms with Crippen LogP contribution in [-0.4, -0.2) is 51.5 Å². The lowest BCUT2D eigenvalue weighted by molar-refractivity contribution is 0.370. The van der Waals surface area contributed by atoms with Gasteiger partial charge in [-0.3, -0.25) is 0 Å². The standard InChI is InChI=1S/C12H21ClN4O2S/c1-5-14-12-11(13)6-10(7-15-12)20(18,19)16-9(2)8-17(3)4/h6-7,9,16H,5,8H2,1-4H3,(H,14,15). The van der Waals surface area contributed by atoms with Crippen LogP contribution >= 0.6 is 11.6 Å². The Hall–Kier alpha value is -0.890. The molecule has 114 valence electrons. The average molecular weight is 321 g/mol. The van der Waals surface area contributed by atoms with Gasteiger partial charge in [-0.15, -0.1) is 0 Å². The molecule has 0 aliphatic heterocycles. The third-order valence-corrected chi connectivity index (χ3v) is 4.31. The van der Waals surface area contributed by atoms with E-state index in [1.165, 1.54) is 12.3 Å². The first kappa shape index (κ1) is 17.2. The summed E-state index contributed by atoms with van der Waals surface area (Å²) in [7, 11) is 0.156. The van der Waals surface area contributed by atoms with E-state index in [1.807, 2.05) is 25.9 Å². The number of anilines is 1. The average Bonchev–Trinajstić information content (AvgIpc) is 2.29. The van der Waals surface area contributed by atoms with Gasteiger partial charge in [-0.1, -0.05) is 11.6 Å². The highest BCUT2D eigenvalue weighted by molar-refractivity contribution is 7.89. The van der Waals surface area contributed by atoms with Crippen LogP contribution in [-0.2, 0) is 10.0 Å². The molecule has 0 spiro atoms. The van der Waals surface area contributed by atoms with E-state index in [9.17, 15) is 8.42 Å². The quantitative estimate of drug-likeness (QED) is 0.794. The molecule has 8 heteroatoms. The number of pyridine rings is 1. The van der Waals surface area contributed by atoms with Crippen molar-refractivity contribution in [3.05, 3.63) is 17.3 Å². The van der Waals surface area contributed by atoms with Crippen molar-refractivity contribution in [2.45, 2.75) is 24.8 Å². The van der Waals surface area contributed by atoms with E-state index in [0.29, 0.717) is 18.9 Å². The van der Waals surface area contributed by atoms with Crippen molar-refractivity contribution < 1.29 is 8.42 Å². The van der Waals surface area contributed by atoms with Gasteiger partial charge in [-0.25, -0.2) is 18.1 Å². The number of sulfonamides is 1. The van der Waals surface area contributed by atoms with Crippen LogP contribution in [0.25, 0.3) is 0 Å². The normalized spacial score (nSPS) is 13.5. The second kappa shape index (κ2) is 7.21. The van der Waals surface area contributed by atoms with Crippen molar-refractivity contribution in [2.24, 2.45) is 0 Å². The SMILES string of the molecule is CCNc1ncc(S(=O)(=O)NC(C)CN(C)C)cc1Cl. The zero-order valence-electron chi connectivity index (χ0n) is 12.1. The number of aromatic nitrogens is 1. The van der Waals surface area contributed by atoms with Crippen LogP contribution in [0, 0.1) is 0 Å². The highest BCUT2D eigenvalue weighted by Crippen LogP contribution is 2.22. The predicted octanol–water partition coefficient (Wildman–Crippen LogP) is 1.40. The minimum absolute atomic E-state index is 0.0646. The molecule has 0 radical (unpaired) electrons. The topological polar surface area (TPSA) is 74.3 Å². The van der Waals surface area contributed by atoms with Gasteiger partial charge < -0.3 is 10.2 Å². The summed E-state index contributed by atoms with van der Waals surface area (Å²) in [5.74, 6) is 0.481. The number of hydrogen-bond donors (Lipinski definition) is 2. The summed E-state index contributed by atoms with van der Waals surface area (Å²) in [6.45, 7) is 4.99. The summed E-state index contributed by atoms with van der Waals surface area (Å²) < 4.78 is 27.0. The smallest absolute Gasteiger partial charge is 0.242 e. The van der Waals surface area contributed by atoms with Crippen molar-refractivity contribution >= 4 is 27.4 Å². The molecule has 0 aliphatic carbocycles. The lowest BCUT2D eigenvalue weighted by Gasteiger charge is -2.18. The van der Waals surface area contributed by atoms with E-state index in [-0.39, 0.29) is 16.0 Å². The molecule has 1 unspecified atom stereocenters. The third kappa shape index (κ3) is 4.90. The molecule has 0 aliphatic rings. The zero-order valence-corrected chi connectivity index (χ0v) is 13.7. The van der Waals surface area contributed by atoms with Crippen molar-refractivity contribution in [2.75, 3.05) is 32.5 Å². The monoisotopic (exact) mass is 320 g/mol. The predicted molar refractivity (Wildman–Crippen MR) is 81.7 cm³/mol. The lowest BCUT2D eigenvalue weighted by Crippen LogP contribution is -2.39. The molecule has 1 heterocycles. The summed E-state index contributed by atoms with van der Waals surface area (Å²) in [4.78, 5) is 6.00. The van der Waals surface area contributed by atoms with Gasteiger partial charge >= 0.3 is 0 Å². The summed E-state index contributed by atoms with van der Waals surface area (Å²) in [6, 6.07) is 1.19. The van der Waals surface area contributed by atoms with E-state index in [2.05, 4.69) is 15.0 Å². The number of halogens is 1. The van der Waals surface area contributed by atoms with Crippen LogP contribution in [0.15, 0.2) is 17.2 Å². The molecule has 0 aromatic carbocycles. The fraction of sp³-hybridized carbons (Fsp3) is 0.583. The van der Waals surface area contributed by atoms with Crippen LogP contribution in [0.5, 0.6) is 0 Å². The van der Waals surface area contributed by atoms with Gasteiger partial charge in [-0.2, -0.15) is 0 Å². The molecule has 0 saturated heterocycles. The molecule has 0 saturated carbocycles. The van der Waals surface area contributed by atoms with Crippen molar-refractivity contribution in [1.29, 1.82) is 0 Å². The fourth-order valence-electron chi connectivity index (χ4n) is 1.78. The van der Waals surface area contributed by atoms with E-state index in [4.69, 9.17) is 11.6 Å². The first-order chi connectivity index (χ1) is 9.26. The Balaban J connectivity index is 2.90. The van der Waals surface area contributed by atoms with Gasteiger partial charge in [0.05, 0.1) is 5.02 Å². The summed E-state index contributed by atoms with van der Waals surface area (Å²) in [6.07, 6.45) is 1.30. The Morgan fingerprint density at radius 3 is 2.60 bits per heavy atom. The highest BCUT2D eigenvalue weighted by atomic mass is 35.5. The van der Waals surface area contributed by atoms with Crippen LogP contribution in [0.4, 0.5) is 5.82 Å². The van der Waals surface area contributed by atoms with E-state index in [0.717, 1.165) is 0 Å². The molecule has 1 aromatic heterocycles. The van der Waals surface area contributed by atoms with Gasteiger partial charge in [0.15, 0.2) is 0 Å². The van der Waals surface area contributed by atoms with Gasteiger partial charge in [-0.05, 0) is 34.0 Å². The van der Waals surface area contributed by atoms with E-state index in [1.54, 1.807) is 6.92 Å². The molecule has 1 rings (SSSR count). The Kier molecular flexibility index (Phi) is 6.19. The maximum Gasteiger partial charge on any atom is 0.242 e. The van der Waals surface area contributed by atoms with Crippen molar-refractivity contribution in [3.63, 3.8) is 0 Å².